The van der Waals surface area contributed by atoms with Crippen molar-refractivity contribution in [3.05, 3.63) is 0 Å². The highest BCUT2D eigenvalue weighted by atomic mass is 16.5. The molecule has 1 aliphatic rings. The lowest BCUT2D eigenvalue weighted by molar-refractivity contribution is 0.0623. The summed E-state index contributed by atoms with van der Waals surface area (Å²) >= 11 is 0. The van der Waals surface area contributed by atoms with E-state index in [1.54, 1.807) is 0 Å². The molecule has 1 N–H and O–H groups in total. The fourth-order valence-corrected chi connectivity index (χ4v) is 1.25. The molecular weight excluding hydrogens is 162 g/mol. The molecule has 0 aromatic heterocycles. The van der Waals surface area contributed by atoms with Gasteiger partial charge in [-0.05, 0) is 19.3 Å². The quantitative estimate of drug-likeness (QED) is 0.614. The third-order valence-electron chi connectivity index (χ3n) is 2.29. The number of ether oxygens (including phenoxy) is 1. The fourth-order valence-electron chi connectivity index (χ4n) is 1.25. The summed E-state index contributed by atoms with van der Waals surface area (Å²) in [5, 5.41) is 3.54. The maximum atomic E-state index is 5.56. The molecule has 78 valence electrons. The lowest BCUT2D eigenvalue weighted by atomic mass is 9.95. The molecule has 2 heteroatoms. The van der Waals surface area contributed by atoms with Crippen LogP contribution in [0.25, 0.3) is 0 Å². The van der Waals surface area contributed by atoms with Gasteiger partial charge in [0.15, 0.2) is 0 Å². The van der Waals surface area contributed by atoms with E-state index in [1.165, 1.54) is 12.8 Å². The Kier molecular flexibility index (Phi) is 4.20. The Hall–Kier alpha value is -0.0800. The summed E-state index contributed by atoms with van der Waals surface area (Å²) in [7, 11) is 0. The first kappa shape index (κ1) is 11.0. The van der Waals surface area contributed by atoms with Crippen LogP contribution in [0.5, 0.6) is 0 Å². The summed E-state index contributed by atoms with van der Waals surface area (Å²) in [5.41, 5.74) is 0.289. The minimum Gasteiger partial charge on any atom is -0.381 e. The third-order valence-corrected chi connectivity index (χ3v) is 2.29. The molecular formula is C11H23NO. The Balaban J connectivity index is 2.03. The average Bonchev–Trinajstić information content (AvgIpc) is 2.84. The summed E-state index contributed by atoms with van der Waals surface area (Å²) < 4.78 is 5.56. The standard InChI is InChI=1S/C11H23NO/c1-4-7-13-9-11(2,3)8-12-10-5-6-10/h10,12H,4-9H2,1-3H3. The first-order valence-electron chi connectivity index (χ1n) is 5.45. The predicted molar refractivity (Wildman–Crippen MR) is 55.9 cm³/mol. The van der Waals surface area contributed by atoms with Crippen LogP contribution in [-0.2, 0) is 4.74 Å². The van der Waals surface area contributed by atoms with Crippen LogP contribution in [0.2, 0.25) is 0 Å². The van der Waals surface area contributed by atoms with Gasteiger partial charge in [-0.1, -0.05) is 20.8 Å². The topological polar surface area (TPSA) is 21.3 Å². The minimum atomic E-state index is 0.289. The Morgan fingerprint density at radius 3 is 2.62 bits per heavy atom. The Bertz CT molecular complexity index is 141. The van der Waals surface area contributed by atoms with Crippen LogP contribution in [0, 0.1) is 5.41 Å². The second kappa shape index (κ2) is 4.97. The van der Waals surface area contributed by atoms with Crippen molar-refractivity contribution in [3.8, 4) is 0 Å². The van der Waals surface area contributed by atoms with E-state index in [-0.39, 0.29) is 5.41 Å². The second-order valence-electron chi connectivity index (χ2n) is 4.87. The van der Waals surface area contributed by atoms with E-state index < -0.39 is 0 Å². The molecule has 0 radical (unpaired) electrons. The van der Waals surface area contributed by atoms with Crippen LogP contribution in [0.1, 0.15) is 40.0 Å². The van der Waals surface area contributed by atoms with Gasteiger partial charge in [-0.2, -0.15) is 0 Å². The van der Waals surface area contributed by atoms with Crippen LogP contribution in [0.15, 0.2) is 0 Å². The average molecular weight is 185 g/mol. The summed E-state index contributed by atoms with van der Waals surface area (Å²) in [6, 6.07) is 0.811. The van der Waals surface area contributed by atoms with Crippen molar-refractivity contribution < 1.29 is 4.74 Å². The van der Waals surface area contributed by atoms with Crippen LogP contribution >= 0.6 is 0 Å². The molecule has 0 heterocycles. The molecule has 13 heavy (non-hydrogen) atoms. The highest BCUT2D eigenvalue weighted by Gasteiger charge is 2.25. The van der Waals surface area contributed by atoms with Crippen LogP contribution in [-0.4, -0.2) is 25.8 Å². The summed E-state index contributed by atoms with van der Waals surface area (Å²) in [6.07, 6.45) is 3.85. The predicted octanol–water partition coefficient (Wildman–Crippen LogP) is 2.19. The van der Waals surface area contributed by atoms with Gasteiger partial charge in [-0.15, -0.1) is 0 Å². The Morgan fingerprint density at radius 1 is 1.38 bits per heavy atom. The largest absolute Gasteiger partial charge is 0.381 e. The van der Waals surface area contributed by atoms with Crippen molar-refractivity contribution in [1.82, 2.24) is 5.32 Å². The van der Waals surface area contributed by atoms with E-state index in [2.05, 4.69) is 26.1 Å². The summed E-state index contributed by atoms with van der Waals surface area (Å²) in [4.78, 5) is 0. The highest BCUT2D eigenvalue weighted by Crippen LogP contribution is 2.21. The zero-order chi connectivity index (χ0) is 9.73. The SMILES string of the molecule is CCCOCC(C)(C)CNC1CC1. The van der Waals surface area contributed by atoms with E-state index in [0.29, 0.717) is 0 Å². The molecule has 0 amide bonds. The molecule has 2 nitrogen and oxygen atoms in total. The van der Waals surface area contributed by atoms with Gasteiger partial charge in [0, 0.05) is 24.6 Å². The van der Waals surface area contributed by atoms with Crippen molar-refractivity contribution >= 4 is 0 Å². The van der Waals surface area contributed by atoms with E-state index >= 15 is 0 Å². The molecule has 1 rings (SSSR count). The van der Waals surface area contributed by atoms with Gasteiger partial charge in [-0.3, -0.25) is 0 Å². The summed E-state index contributed by atoms with van der Waals surface area (Å²) in [6.45, 7) is 9.53. The van der Waals surface area contributed by atoms with Crippen LogP contribution < -0.4 is 5.32 Å². The molecule has 0 bridgehead atoms. The molecule has 1 aliphatic carbocycles. The first-order chi connectivity index (χ1) is 6.14. The van der Waals surface area contributed by atoms with Crippen molar-refractivity contribution in [2.24, 2.45) is 5.41 Å². The number of rotatable bonds is 7. The first-order valence-corrected chi connectivity index (χ1v) is 5.45. The van der Waals surface area contributed by atoms with Gasteiger partial charge < -0.3 is 10.1 Å². The molecule has 0 aromatic rings. The Labute approximate surface area is 82.0 Å². The third kappa shape index (κ3) is 5.27. The van der Waals surface area contributed by atoms with Crippen molar-refractivity contribution in [1.29, 1.82) is 0 Å². The molecule has 0 aliphatic heterocycles. The van der Waals surface area contributed by atoms with E-state index in [9.17, 15) is 0 Å². The summed E-state index contributed by atoms with van der Waals surface area (Å²) in [5.74, 6) is 0. The molecule has 1 saturated carbocycles. The lowest BCUT2D eigenvalue weighted by Crippen LogP contribution is -2.34. The van der Waals surface area contributed by atoms with Crippen LogP contribution in [0.3, 0.4) is 0 Å². The van der Waals surface area contributed by atoms with Crippen LogP contribution in [0.4, 0.5) is 0 Å². The second-order valence-corrected chi connectivity index (χ2v) is 4.87. The van der Waals surface area contributed by atoms with E-state index in [0.717, 1.165) is 32.2 Å². The van der Waals surface area contributed by atoms with Gasteiger partial charge in [-0.25, -0.2) is 0 Å². The minimum absolute atomic E-state index is 0.289. The van der Waals surface area contributed by atoms with Gasteiger partial charge >= 0.3 is 0 Å². The van der Waals surface area contributed by atoms with Gasteiger partial charge in [0.2, 0.25) is 0 Å². The maximum Gasteiger partial charge on any atom is 0.0529 e. The molecule has 0 aromatic carbocycles. The fraction of sp³-hybridized carbons (Fsp3) is 1.00. The van der Waals surface area contributed by atoms with E-state index in [1.807, 2.05) is 0 Å². The lowest BCUT2D eigenvalue weighted by Gasteiger charge is -2.24. The zero-order valence-corrected chi connectivity index (χ0v) is 9.23. The molecule has 1 fully saturated rings. The molecule has 0 spiro atoms. The van der Waals surface area contributed by atoms with Crippen molar-refractivity contribution in [3.63, 3.8) is 0 Å². The smallest absolute Gasteiger partial charge is 0.0529 e. The van der Waals surface area contributed by atoms with Crippen molar-refractivity contribution in [2.75, 3.05) is 19.8 Å². The number of nitrogens with one attached hydrogen (secondary N) is 1. The maximum absolute atomic E-state index is 5.56. The molecule has 0 saturated heterocycles. The molecule has 0 unspecified atom stereocenters. The van der Waals surface area contributed by atoms with E-state index in [4.69, 9.17) is 4.74 Å². The van der Waals surface area contributed by atoms with Gasteiger partial charge in [0.05, 0.1) is 6.61 Å². The monoisotopic (exact) mass is 185 g/mol. The normalized spacial score (nSPS) is 17.8. The molecule has 0 atom stereocenters. The van der Waals surface area contributed by atoms with Crippen molar-refractivity contribution in [2.45, 2.75) is 46.1 Å². The van der Waals surface area contributed by atoms with Gasteiger partial charge in [0.1, 0.15) is 0 Å². The number of hydrogen-bond donors (Lipinski definition) is 1. The Morgan fingerprint density at radius 2 is 2.08 bits per heavy atom. The number of hydrogen-bond acceptors (Lipinski definition) is 2. The zero-order valence-electron chi connectivity index (χ0n) is 9.23. The van der Waals surface area contributed by atoms with Gasteiger partial charge in [0.25, 0.3) is 0 Å². The highest BCUT2D eigenvalue weighted by molar-refractivity contribution is 4.83.